The van der Waals surface area contributed by atoms with E-state index >= 15 is 0 Å². The van der Waals surface area contributed by atoms with Gasteiger partial charge in [0.25, 0.3) is 0 Å². The standard InChI is InChI=1S/C16H31N3O3S.HI/c1-4-22-15(20)10-7-11-18-16(17-3)19-13-8-6-9-14(12-13)23(21)5-2;/h13-14H,4-12H2,1-3H3,(H2,17,18,19);1H. The molecule has 0 bridgehead atoms. The Labute approximate surface area is 165 Å². The number of halogens is 1. The molecule has 0 radical (unpaired) electrons. The zero-order valence-corrected chi connectivity index (χ0v) is 18.2. The van der Waals surface area contributed by atoms with Crippen molar-refractivity contribution in [3.63, 3.8) is 0 Å². The third kappa shape index (κ3) is 9.19. The van der Waals surface area contributed by atoms with Gasteiger partial charge in [-0.05, 0) is 32.6 Å². The highest BCUT2D eigenvalue weighted by Crippen LogP contribution is 2.22. The first-order valence-corrected chi connectivity index (χ1v) is 9.98. The van der Waals surface area contributed by atoms with E-state index in [1.54, 1.807) is 7.05 Å². The van der Waals surface area contributed by atoms with Crippen molar-refractivity contribution in [2.24, 2.45) is 4.99 Å². The quantitative estimate of drug-likeness (QED) is 0.186. The molecule has 0 saturated heterocycles. The Morgan fingerprint density at radius 3 is 2.71 bits per heavy atom. The minimum Gasteiger partial charge on any atom is -0.466 e. The van der Waals surface area contributed by atoms with Crippen LogP contribution in [0.15, 0.2) is 4.99 Å². The largest absolute Gasteiger partial charge is 0.466 e. The predicted molar refractivity (Wildman–Crippen MR) is 111 cm³/mol. The molecular formula is C16H32IN3O3S. The van der Waals surface area contributed by atoms with Crippen molar-refractivity contribution in [3.05, 3.63) is 0 Å². The topological polar surface area (TPSA) is 79.8 Å². The average Bonchev–Trinajstić information content (AvgIpc) is 2.57. The summed E-state index contributed by atoms with van der Waals surface area (Å²) in [6.07, 6.45) is 5.31. The summed E-state index contributed by atoms with van der Waals surface area (Å²) in [4.78, 5) is 15.5. The van der Waals surface area contributed by atoms with Gasteiger partial charge in [-0.25, -0.2) is 0 Å². The van der Waals surface area contributed by atoms with Crippen LogP contribution in [0.2, 0.25) is 0 Å². The van der Waals surface area contributed by atoms with E-state index in [4.69, 9.17) is 4.74 Å². The van der Waals surface area contributed by atoms with Crippen LogP contribution in [0.1, 0.15) is 52.4 Å². The number of ether oxygens (including phenoxy) is 1. The molecule has 0 amide bonds. The number of carbonyl (C=O) groups excluding carboxylic acids is 1. The Bertz CT molecular complexity index is 421. The lowest BCUT2D eigenvalue weighted by atomic mass is 9.95. The van der Waals surface area contributed by atoms with Crippen molar-refractivity contribution in [2.45, 2.75) is 63.7 Å². The fourth-order valence-corrected chi connectivity index (χ4v) is 4.16. The lowest BCUT2D eigenvalue weighted by molar-refractivity contribution is -0.143. The second kappa shape index (κ2) is 13.9. The van der Waals surface area contributed by atoms with Gasteiger partial charge in [0.15, 0.2) is 5.96 Å². The summed E-state index contributed by atoms with van der Waals surface area (Å²) in [5.74, 6) is 1.33. The Morgan fingerprint density at radius 2 is 2.08 bits per heavy atom. The molecule has 0 spiro atoms. The van der Waals surface area contributed by atoms with Crippen LogP contribution in [-0.2, 0) is 20.3 Å². The molecule has 1 aliphatic rings. The highest BCUT2D eigenvalue weighted by atomic mass is 127. The first-order valence-electron chi connectivity index (χ1n) is 8.60. The number of hydrogen-bond acceptors (Lipinski definition) is 4. The van der Waals surface area contributed by atoms with Crippen LogP contribution in [-0.4, -0.2) is 53.4 Å². The Morgan fingerprint density at radius 1 is 1.33 bits per heavy atom. The maximum absolute atomic E-state index is 12.0. The molecule has 24 heavy (non-hydrogen) atoms. The third-order valence-corrected chi connectivity index (χ3v) is 5.74. The van der Waals surface area contributed by atoms with Crippen molar-refractivity contribution >= 4 is 46.7 Å². The molecule has 8 heteroatoms. The highest BCUT2D eigenvalue weighted by Gasteiger charge is 2.25. The summed E-state index contributed by atoms with van der Waals surface area (Å²) in [6, 6.07) is 0.320. The lowest BCUT2D eigenvalue weighted by Gasteiger charge is -2.30. The van der Waals surface area contributed by atoms with Gasteiger partial charge in [0, 0.05) is 47.9 Å². The molecule has 3 atom stereocenters. The van der Waals surface area contributed by atoms with Crippen LogP contribution in [0.3, 0.4) is 0 Å². The van der Waals surface area contributed by atoms with Crippen molar-refractivity contribution in [1.82, 2.24) is 10.6 Å². The monoisotopic (exact) mass is 473 g/mol. The number of hydrogen-bond donors (Lipinski definition) is 2. The molecule has 1 aliphatic carbocycles. The molecule has 1 fully saturated rings. The van der Waals surface area contributed by atoms with Gasteiger partial charge in [0.05, 0.1) is 6.61 Å². The van der Waals surface area contributed by atoms with Crippen LogP contribution in [0.25, 0.3) is 0 Å². The fourth-order valence-electron chi connectivity index (χ4n) is 2.81. The summed E-state index contributed by atoms with van der Waals surface area (Å²) in [5.41, 5.74) is 0. The van der Waals surface area contributed by atoms with Gasteiger partial charge >= 0.3 is 5.97 Å². The lowest BCUT2D eigenvalue weighted by Crippen LogP contribution is -2.46. The van der Waals surface area contributed by atoms with Crippen molar-refractivity contribution in [1.29, 1.82) is 0 Å². The van der Waals surface area contributed by atoms with E-state index in [-0.39, 0.29) is 29.9 Å². The van der Waals surface area contributed by atoms with Gasteiger partial charge in [-0.2, -0.15) is 0 Å². The van der Waals surface area contributed by atoms with Gasteiger partial charge < -0.3 is 15.4 Å². The van der Waals surface area contributed by atoms with Gasteiger partial charge in [0.1, 0.15) is 0 Å². The van der Waals surface area contributed by atoms with Crippen LogP contribution < -0.4 is 10.6 Å². The number of nitrogens with one attached hydrogen (secondary N) is 2. The molecule has 0 aliphatic heterocycles. The summed E-state index contributed by atoms with van der Waals surface area (Å²) < 4.78 is 16.9. The summed E-state index contributed by atoms with van der Waals surface area (Å²) in [7, 11) is 1.02. The Balaban J connectivity index is 0.00000529. The zero-order chi connectivity index (χ0) is 17.1. The third-order valence-electron chi connectivity index (χ3n) is 4.00. The minimum absolute atomic E-state index is 0. The smallest absolute Gasteiger partial charge is 0.305 e. The number of rotatable bonds is 8. The first-order chi connectivity index (χ1) is 11.1. The number of esters is 1. The Kier molecular flexibility index (Phi) is 13.6. The fraction of sp³-hybridized carbons (Fsp3) is 0.875. The molecule has 1 saturated carbocycles. The van der Waals surface area contributed by atoms with E-state index < -0.39 is 10.8 Å². The first kappa shape index (κ1) is 23.6. The van der Waals surface area contributed by atoms with E-state index in [0.717, 1.165) is 37.4 Å². The van der Waals surface area contributed by atoms with Crippen LogP contribution >= 0.6 is 24.0 Å². The summed E-state index contributed by atoms with van der Waals surface area (Å²) >= 11 is 0. The number of guanidine groups is 1. The van der Waals surface area contributed by atoms with Crippen LogP contribution in [0.5, 0.6) is 0 Å². The second-order valence-corrected chi connectivity index (χ2v) is 7.71. The molecule has 0 aromatic carbocycles. The molecule has 3 unspecified atom stereocenters. The maximum Gasteiger partial charge on any atom is 0.305 e. The van der Waals surface area contributed by atoms with E-state index in [0.29, 0.717) is 37.3 Å². The summed E-state index contributed by atoms with van der Waals surface area (Å²) in [5, 5.41) is 6.94. The van der Waals surface area contributed by atoms with Crippen LogP contribution in [0.4, 0.5) is 0 Å². The van der Waals surface area contributed by atoms with Crippen molar-refractivity contribution in [2.75, 3.05) is 26.0 Å². The molecule has 142 valence electrons. The second-order valence-electron chi connectivity index (χ2n) is 5.71. The molecular weight excluding hydrogens is 441 g/mol. The van der Waals surface area contributed by atoms with E-state index in [2.05, 4.69) is 15.6 Å². The SMILES string of the molecule is CCOC(=O)CCCNC(=NC)NC1CCCC(S(=O)CC)C1.I. The highest BCUT2D eigenvalue weighted by molar-refractivity contribution is 14.0. The molecule has 2 N–H and O–H groups in total. The van der Waals surface area contributed by atoms with E-state index in [1.807, 2.05) is 13.8 Å². The molecule has 0 aromatic rings. The minimum atomic E-state index is -0.717. The van der Waals surface area contributed by atoms with Gasteiger partial charge in [-0.15, -0.1) is 24.0 Å². The van der Waals surface area contributed by atoms with E-state index in [1.165, 1.54) is 0 Å². The molecule has 0 aromatic heterocycles. The molecule has 0 heterocycles. The predicted octanol–water partition coefficient (Wildman–Crippen LogP) is 2.19. The number of carbonyl (C=O) groups is 1. The average molecular weight is 473 g/mol. The maximum atomic E-state index is 12.0. The van der Waals surface area contributed by atoms with E-state index in [9.17, 15) is 9.00 Å². The zero-order valence-electron chi connectivity index (χ0n) is 15.0. The van der Waals surface area contributed by atoms with Gasteiger partial charge in [-0.3, -0.25) is 14.0 Å². The normalized spacial score (nSPS) is 22.2. The van der Waals surface area contributed by atoms with Crippen LogP contribution in [0, 0.1) is 0 Å². The van der Waals surface area contributed by atoms with Crippen molar-refractivity contribution in [3.8, 4) is 0 Å². The summed E-state index contributed by atoms with van der Waals surface area (Å²) in [6.45, 7) is 4.90. The van der Waals surface area contributed by atoms with Gasteiger partial charge in [-0.1, -0.05) is 13.3 Å². The van der Waals surface area contributed by atoms with Crippen molar-refractivity contribution < 1.29 is 13.7 Å². The molecule has 6 nitrogen and oxygen atoms in total. The molecule has 1 rings (SSSR count). The number of nitrogens with zero attached hydrogens (tertiary/aromatic N) is 1. The van der Waals surface area contributed by atoms with Gasteiger partial charge in [0.2, 0.25) is 0 Å². The Hall–Kier alpha value is -0.380. The number of aliphatic imine (C=N–C) groups is 1.